The summed E-state index contributed by atoms with van der Waals surface area (Å²) in [6.45, 7) is 1.34. The van der Waals surface area contributed by atoms with Crippen molar-refractivity contribution in [2.45, 2.75) is 50.6 Å². The number of hydrogen-bond acceptors (Lipinski definition) is 3. The van der Waals surface area contributed by atoms with Crippen LogP contribution in [-0.4, -0.2) is 39.9 Å². The van der Waals surface area contributed by atoms with Crippen molar-refractivity contribution in [3.05, 3.63) is 35.4 Å². The van der Waals surface area contributed by atoms with E-state index in [2.05, 4.69) is 5.32 Å². The number of amides is 2. The van der Waals surface area contributed by atoms with Crippen LogP contribution in [0.4, 0.5) is 0 Å². The van der Waals surface area contributed by atoms with E-state index in [4.69, 9.17) is 0 Å². The topological polar surface area (TPSA) is 86.7 Å². The van der Waals surface area contributed by atoms with Crippen molar-refractivity contribution in [2.75, 3.05) is 6.54 Å². The van der Waals surface area contributed by atoms with Crippen molar-refractivity contribution in [1.82, 2.24) is 10.2 Å². The second kappa shape index (κ2) is 6.63. The van der Waals surface area contributed by atoms with Crippen molar-refractivity contribution in [3.8, 4) is 0 Å². The molecule has 0 atom stereocenters. The number of likely N-dealkylation sites (tertiary alicyclic amines) is 1. The quantitative estimate of drug-likeness (QED) is 0.864. The molecule has 3 rings (SSSR count). The van der Waals surface area contributed by atoms with Gasteiger partial charge in [-0.25, -0.2) is 4.79 Å². The van der Waals surface area contributed by atoms with Crippen LogP contribution in [-0.2, 0) is 16.1 Å². The van der Waals surface area contributed by atoms with Crippen LogP contribution in [0.15, 0.2) is 24.3 Å². The lowest BCUT2D eigenvalue weighted by molar-refractivity contribution is -0.144. The van der Waals surface area contributed by atoms with Gasteiger partial charge in [-0.2, -0.15) is 0 Å². The Morgan fingerprint density at radius 1 is 1.12 bits per heavy atom. The summed E-state index contributed by atoms with van der Waals surface area (Å²) in [7, 11) is 0. The van der Waals surface area contributed by atoms with Gasteiger partial charge in [0.15, 0.2) is 0 Å². The second-order valence-corrected chi connectivity index (χ2v) is 6.66. The molecule has 0 radical (unpaired) electrons. The Morgan fingerprint density at radius 3 is 2.33 bits per heavy atom. The molecule has 1 heterocycles. The zero-order chi connectivity index (χ0) is 17.2. The summed E-state index contributed by atoms with van der Waals surface area (Å²) < 4.78 is 0. The molecule has 0 unspecified atom stereocenters. The summed E-state index contributed by atoms with van der Waals surface area (Å²) in [4.78, 5) is 37.4. The molecule has 6 nitrogen and oxygen atoms in total. The first-order chi connectivity index (χ1) is 11.5. The number of nitrogens with zero attached hydrogens (tertiary/aromatic N) is 1. The largest absolute Gasteiger partial charge is 0.480 e. The Bertz CT molecular complexity index is 647. The second-order valence-electron chi connectivity index (χ2n) is 6.66. The minimum atomic E-state index is -1.13. The van der Waals surface area contributed by atoms with Gasteiger partial charge in [0.05, 0.1) is 0 Å². The van der Waals surface area contributed by atoms with Gasteiger partial charge in [0.25, 0.3) is 5.91 Å². The van der Waals surface area contributed by atoms with Crippen LogP contribution in [0.1, 0.15) is 54.4 Å². The number of carbonyl (C=O) groups is 3. The maximum Gasteiger partial charge on any atom is 0.329 e. The smallest absolute Gasteiger partial charge is 0.329 e. The first kappa shape index (κ1) is 16.5. The van der Waals surface area contributed by atoms with E-state index in [-0.39, 0.29) is 11.8 Å². The van der Waals surface area contributed by atoms with Crippen molar-refractivity contribution in [3.63, 3.8) is 0 Å². The molecule has 1 aliphatic carbocycles. The lowest BCUT2D eigenvalue weighted by Gasteiger charge is -2.25. The predicted octanol–water partition coefficient (Wildman–Crippen LogP) is 1.94. The van der Waals surface area contributed by atoms with Crippen molar-refractivity contribution < 1.29 is 19.5 Å². The fraction of sp³-hybridized carbons (Fsp3) is 0.500. The van der Waals surface area contributed by atoms with Crippen LogP contribution in [0.5, 0.6) is 0 Å². The van der Waals surface area contributed by atoms with E-state index < -0.39 is 11.5 Å². The van der Waals surface area contributed by atoms with Gasteiger partial charge in [0.2, 0.25) is 5.91 Å². The summed E-state index contributed by atoms with van der Waals surface area (Å²) >= 11 is 0. The van der Waals surface area contributed by atoms with E-state index in [9.17, 15) is 19.5 Å². The molecule has 1 aromatic carbocycles. The molecule has 0 spiro atoms. The molecule has 1 saturated carbocycles. The SMILES string of the molecule is O=C(NC1(C(=O)O)CCCC1)c1ccc(CN2CCCC2=O)cc1. The van der Waals surface area contributed by atoms with Gasteiger partial charge in [-0.05, 0) is 37.0 Å². The molecule has 1 aliphatic heterocycles. The van der Waals surface area contributed by atoms with Crippen LogP contribution in [0, 0.1) is 0 Å². The summed E-state index contributed by atoms with van der Waals surface area (Å²) in [5, 5.41) is 12.1. The van der Waals surface area contributed by atoms with E-state index in [1.807, 2.05) is 17.0 Å². The van der Waals surface area contributed by atoms with Gasteiger partial charge in [-0.1, -0.05) is 25.0 Å². The number of hydrogen-bond donors (Lipinski definition) is 2. The van der Waals surface area contributed by atoms with Gasteiger partial charge in [0, 0.05) is 25.1 Å². The van der Waals surface area contributed by atoms with Crippen molar-refractivity contribution in [1.29, 1.82) is 0 Å². The summed E-state index contributed by atoms with van der Waals surface area (Å²) in [5.74, 6) is -1.15. The molecular formula is C18H22N2O4. The van der Waals surface area contributed by atoms with Gasteiger partial charge < -0.3 is 15.3 Å². The molecule has 1 saturated heterocycles. The number of nitrogens with one attached hydrogen (secondary N) is 1. The van der Waals surface area contributed by atoms with Crippen LogP contribution < -0.4 is 5.32 Å². The minimum Gasteiger partial charge on any atom is -0.480 e. The predicted molar refractivity (Wildman–Crippen MR) is 87.4 cm³/mol. The van der Waals surface area contributed by atoms with Gasteiger partial charge in [0.1, 0.15) is 5.54 Å². The molecule has 2 aliphatic rings. The van der Waals surface area contributed by atoms with Gasteiger partial charge >= 0.3 is 5.97 Å². The lowest BCUT2D eigenvalue weighted by atomic mass is 9.97. The van der Waals surface area contributed by atoms with Crippen LogP contribution in [0.2, 0.25) is 0 Å². The molecule has 2 fully saturated rings. The van der Waals surface area contributed by atoms with E-state index in [0.717, 1.165) is 31.4 Å². The number of benzene rings is 1. The van der Waals surface area contributed by atoms with Crippen LogP contribution in [0.3, 0.4) is 0 Å². The average molecular weight is 330 g/mol. The number of carboxylic acids is 1. The molecule has 6 heteroatoms. The van der Waals surface area contributed by atoms with Crippen LogP contribution in [0.25, 0.3) is 0 Å². The van der Waals surface area contributed by atoms with E-state index in [1.165, 1.54) is 0 Å². The highest BCUT2D eigenvalue weighted by atomic mass is 16.4. The third-order valence-electron chi connectivity index (χ3n) is 4.98. The average Bonchev–Trinajstić information content (AvgIpc) is 3.19. The Morgan fingerprint density at radius 2 is 1.79 bits per heavy atom. The highest BCUT2D eigenvalue weighted by Crippen LogP contribution is 2.30. The molecule has 0 aromatic heterocycles. The standard InChI is InChI=1S/C18H22N2O4/c21-15-4-3-11-20(15)12-13-5-7-14(8-6-13)16(22)19-18(17(23)24)9-1-2-10-18/h5-8H,1-4,9-12H2,(H,19,22)(H,23,24). The molecule has 24 heavy (non-hydrogen) atoms. The maximum absolute atomic E-state index is 12.4. The van der Waals surface area contributed by atoms with Gasteiger partial charge in [-0.3, -0.25) is 9.59 Å². The van der Waals surface area contributed by atoms with Crippen molar-refractivity contribution in [2.24, 2.45) is 0 Å². The van der Waals surface area contributed by atoms with E-state index in [0.29, 0.717) is 31.4 Å². The summed E-state index contributed by atoms with van der Waals surface area (Å²) in [6.07, 6.45) is 4.09. The maximum atomic E-state index is 12.4. The minimum absolute atomic E-state index is 0.168. The molecule has 2 N–H and O–H groups in total. The van der Waals surface area contributed by atoms with Crippen molar-refractivity contribution >= 4 is 17.8 Å². The fourth-order valence-electron chi connectivity index (χ4n) is 3.51. The van der Waals surface area contributed by atoms with Crippen LogP contribution >= 0.6 is 0 Å². The summed E-state index contributed by atoms with van der Waals surface area (Å²) in [6, 6.07) is 7.02. The first-order valence-electron chi connectivity index (χ1n) is 8.43. The zero-order valence-electron chi connectivity index (χ0n) is 13.6. The Labute approximate surface area is 140 Å². The highest BCUT2D eigenvalue weighted by molar-refractivity contribution is 5.98. The molecule has 0 bridgehead atoms. The normalized spacial score (nSPS) is 19.5. The molecular weight excluding hydrogens is 308 g/mol. The van der Waals surface area contributed by atoms with Gasteiger partial charge in [-0.15, -0.1) is 0 Å². The highest BCUT2D eigenvalue weighted by Gasteiger charge is 2.42. The Hall–Kier alpha value is -2.37. The zero-order valence-corrected chi connectivity index (χ0v) is 13.6. The third-order valence-corrected chi connectivity index (χ3v) is 4.98. The number of rotatable bonds is 5. The monoisotopic (exact) mass is 330 g/mol. The number of carboxylic acid groups (broad SMARTS) is 1. The third kappa shape index (κ3) is 3.27. The number of aliphatic carboxylic acids is 1. The first-order valence-corrected chi connectivity index (χ1v) is 8.43. The molecule has 2 amide bonds. The van der Waals surface area contributed by atoms with E-state index >= 15 is 0 Å². The van der Waals surface area contributed by atoms with E-state index in [1.54, 1.807) is 12.1 Å². The molecule has 128 valence electrons. The number of carbonyl (C=O) groups excluding carboxylic acids is 2. The Balaban J connectivity index is 1.65. The summed E-state index contributed by atoms with van der Waals surface area (Å²) in [5.41, 5.74) is 0.284. The fourth-order valence-corrected chi connectivity index (χ4v) is 3.51. The molecule has 1 aromatic rings. The Kier molecular flexibility index (Phi) is 4.55. The lowest BCUT2D eigenvalue weighted by Crippen LogP contribution is -2.52.